The Morgan fingerprint density at radius 2 is 2.41 bits per heavy atom. The van der Waals surface area contributed by atoms with E-state index in [-0.39, 0.29) is 24.0 Å². The van der Waals surface area contributed by atoms with Crippen molar-refractivity contribution in [3.05, 3.63) is 22.4 Å². The van der Waals surface area contributed by atoms with Crippen molar-refractivity contribution < 1.29 is 4.74 Å². The van der Waals surface area contributed by atoms with E-state index < -0.39 is 0 Å². The van der Waals surface area contributed by atoms with Crippen LogP contribution in [0.5, 0.6) is 0 Å². The van der Waals surface area contributed by atoms with Crippen LogP contribution < -0.4 is 11.1 Å². The molecule has 0 bridgehead atoms. The third-order valence-corrected chi connectivity index (χ3v) is 2.98. The standard InChI is InChI=1S/C11H19N3OS.HI/c1-15-8-3-6-13-11(12)14-7-5-10-4-2-9-16-10;/h2,4,9H,3,5-8H2,1H3,(H3,12,13,14);1H. The Balaban J connectivity index is 0.00000256. The second-order valence-corrected chi connectivity index (χ2v) is 4.40. The molecule has 0 radical (unpaired) electrons. The summed E-state index contributed by atoms with van der Waals surface area (Å²) < 4.78 is 4.92. The highest BCUT2D eigenvalue weighted by Crippen LogP contribution is 2.07. The Bertz CT molecular complexity index is 304. The molecule has 3 N–H and O–H groups in total. The van der Waals surface area contributed by atoms with Gasteiger partial charge in [0.05, 0.1) is 0 Å². The first-order valence-electron chi connectivity index (χ1n) is 5.38. The van der Waals surface area contributed by atoms with Crippen LogP contribution in [0.25, 0.3) is 0 Å². The van der Waals surface area contributed by atoms with Crippen LogP contribution in [0.3, 0.4) is 0 Å². The SMILES string of the molecule is COCCCN=C(N)NCCc1cccs1.I. The Kier molecular flexibility index (Phi) is 10.6. The Labute approximate surface area is 124 Å². The lowest BCUT2D eigenvalue weighted by Crippen LogP contribution is -2.33. The predicted molar refractivity (Wildman–Crippen MR) is 84.4 cm³/mol. The number of nitrogens with zero attached hydrogens (tertiary/aromatic N) is 1. The number of ether oxygens (including phenoxy) is 1. The van der Waals surface area contributed by atoms with Crippen molar-refractivity contribution in [2.45, 2.75) is 12.8 Å². The number of guanidine groups is 1. The maximum Gasteiger partial charge on any atom is 0.188 e. The molecular weight excluding hydrogens is 349 g/mol. The van der Waals surface area contributed by atoms with Crippen molar-refractivity contribution in [1.82, 2.24) is 5.32 Å². The summed E-state index contributed by atoms with van der Waals surface area (Å²) in [5.41, 5.74) is 5.70. The van der Waals surface area contributed by atoms with Crippen molar-refractivity contribution in [3.8, 4) is 0 Å². The number of halogens is 1. The molecule has 0 aliphatic rings. The maximum atomic E-state index is 5.70. The van der Waals surface area contributed by atoms with Gasteiger partial charge in [0.25, 0.3) is 0 Å². The highest BCUT2D eigenvalue weighted by Gasteiger charge is 1.94. The van der Waals surface area contributed by atoms with Crippen LogP contribution in [-0.2, 0) is 11.2 Å². The normalized spacial score (nSPS) is 11.0. The van der Waals surface area contributed by atoms with Gasteiger partial charge in [-0.15, -0.1) is 35.3 Å². The summed E-state index contributed by atoms with van der Waals surface area (Å²) in [7, 11) is 1.69. The summed E-state index contributed by atoms with van der Waals surface area (Å²) >= 11 is 1.76. The van der Waals surface area contributed by atoms with Gasteiger partial charge < -0.3 is 15.8 Å². The fraction of sp³-hybridized carbons (Fsp3) is 0.545. The molecule has 0 amide bonds. The summed E-state index contributed by atoms with van der Waals surface area (Å²) in [6.07, 6.45) is 1.90. The van der Waals surface area contributed by atoms with E-state index >= 15 is 0 Å². The molecule has 0 saturated heterocycles. The fourth-order valence-corrected chi connectivity index (χ4v) is 1.94. The minimum absolute atomic E-state index is 0. The number of aliphatic imine (C=N–C) groups is 1. The summed E-state index contributed by atoms with van der Waals surface area (Å²) in [4.78, 5) is 5.55. The van der Waals surface area contributed by atoms with Crippen LogP contribution in [0.1, 0.15) is 11.3 Å². The third-order valence-electron chi connectivity index (χ3n) is 2.05. The van der Waals surface area contributed by atoms with E-state index in [9.17, 15) is 0 Å². The highest BCUT2D eigenvalue weighted by atomic mass is 127. The van der Waals surface area contributed by atoms with Gasteiger partial charge in [-0.25, -0.2) is 0 Å². The molecule has 0 atom stereocenters. The molecule has 1 heterocycles. The van der Waals surface area contributed by atoms with E-state index in [4.69, 9.17) is 10.5 Å². The molecule has 0 spiro atoms. The maximum absolute atomic E-state index is 5.70. The average molecular weight is 369 g/mol. The number of methoxy groups -OCH3 is 1. The first-order valence-corrected chi connectivity index (χ1v) is 6.26. The molecule has 0 saturated carbocycles. The van der Waals surface area contributed by atoms with Gasteiger partial charge in [0.1, 0.15) is 0 Å². The van der Waals surface area contributed by atoms with Crippen molar-refractivity contribution in [2.75, 3.05) is 26.8 Å². The van der Waals surface area contributed by atoms with Gasteiger partial charge >= 0.3 is 0 Å². The first kappa shape index (κ1) is 16.7. The topological polar surface area (TPSA) is 59.6 Å². The molecule has 1 rings (SSSR count). The highest BCUT2D eigenvalue weighted by molar-refractivity contribution is 14.0. The fourth-order valence-electron chi connectivity index (χ4n) is 1.23. The summed E-state index contributed by atoms with van der Waals surface area (Å²) in [6.45, 7) is 2.28. The molecule has 1 aromatic heterocycles. The molecule has 0 unspecified atom stereocenters. The van der Waals surface area contributed by atoms with E-state index in [1.54, 1.807) is 18.4 Å². The van der Waals surface area contributed by atoms with Gasteiger partial charge in [-0.3, -0.25) is 4.99 Å². The molecule has 0 aromatic carbocycles. The largest absolute Gasteiger partial charge is 0.385 e. The average Bonchev–Trinajstić information content (AvgIpc) is 2.77. The van der Waals surface area contributed by atoms with Crippen LogP contribution in [-0.4, -0.2) is 32.8 Å². The van der Waals surface area contributed by atoms with E-state index in [1.165, 1.54) is 4.88 Å². The van der Waals surface area contributed by atoms with Gasteiger partial charge in [0, 0.05) is 31.7 Å². The summed E-state index contributed by atoms with van der Waals surface area (Å²) in [6, 6.07) is 4.18. The third kappa shape index (κ3) is 8.39. The van der Waals surface area contributed by atoms with Crippen molar-refractivity contribution in [3.63, 3.8) is 0 Å². The molecule has 4 nitrogen and oxygen atoms in total. The molecular formula is C11H20IN3OS. The lowest BCUT2D eigenvalue weighted by atomic mass is 10.3. The number of thiophene rings is 1. The van der Waals surface area contributed by atoms with E-state index in [1.807, 2.05) is 0 Å². The minimum atomic E-state index is 0. The zero-order valence-electron chi connectivity index (χ0n) is 10.0. The van der Waals surface area contributed by atoms with Crippen LogP contribution in [0.4, 0.5) is 0 Å². The van der Waals surface area contributed by atoms with E-state index in [0.717, 1.165) is 26.0 Å². The second kappa shape index (κ2) is 10.8. The lowest BCUT2D eigenvalue weighted by Gasteiger charge is -2.04. The smallest absolute Gasteiger partial charge is 0.188 e. The van der Waals surface area contributed by atoms with Crippen LogP contribution in [0.15, 0.2) is 22.5 Å². The first-order chi connectivity index (χ1) is 7.83. The van der Waals surface area contributed by atoms with Gasteiger partial charge in [0.2, 0.25) is 0 Å². The van der Waals surface area contributed by atoms with Gasteiger partial charge in [-0.1, -0.05) is 6.07 Å². The number of hydrogen-bond donors (Lipinski definition) is 2. The number of nitrogens with two attached hydrogens (primary N) is 1. The molecule has 17 heavy (non-hydrogen) atoms. The minimum Gasteiger partial charge on any atom is -0.385 e. The van der Waals surface area contributed by atoms with E-state index in [0.29, 0.717) is 12.5 Å². The molecule has 1 aromatic rings. The molecule has 6 heteroatoms. The molecule has 98 valence electrons. The van der Waals surface area contributed by atoms with Crippen molar-refractivity contribution in [2.24, 2.45) is 10.7 Å². The van der Waals surface area contributed by atoms with E-state index in [2.05, 4.69) is 27.8 Å². The second-order valence-electron chi connectivity index (χ2n) is 3.37. The lowest BCUT2D eigenvalue weighted by molar-refractivity contribution is 0.197. The number of rotatable bonds is 7. The van der Waals surface area contributed by atoms with Gasteiger partial charge in [0.15, 0.2) is 5.96 Å². The summed E-state index contributed by atoms with van der Waals surface area (Å²) in [5, 5.41) is 5.17. The Hall–Kier alpha value is -0.340. The Morgan fingerprint density at radius 1 is 1.59 bits per heavy atom. The Morgan fingerprint density at radius 3 is 3.06 bits per heavy atom. The predicted octanol–water partition coefficient (Wildman–Crippen LogP) is 1.85. The molecule has 0 aliphatic carbocycles. The molecule has 0 fully saturated rings. The van der Waals surface area contributed by atoms with Crippen molar-refractivity contribution >= 4 is 41.3 Å². The zero-order chi connectivity index (χ0) is 11.6. The molecule has 0 aliphatic heterocycles. The number of hydrogen-bond acceptors (Lipinski definition) is 3. The van der Waals surface area contributed by atoms with Crippen molar-refractivity contribution in [1.29, 1.82) is 0 Å². The summed E-state index contributed by atoms with van der Waals surface area (Å²) in [5.74, 6) is 0.521. The quantitative estimate of drug-likeness (QED) is 0.334. The van der Waals surface area contributed by atoms with Gasteiger partial charge in [-0.2, -0.15) is 0 Å². The van der Waals surface area contributed by atoms with Crippen LogP contribution in [0.2, 0.25) is 0 Å². The van der Waals surface area contributed by atoms with Gasteiger partial charge in [-0.05, 0) is 24.3 Å². The zero-order valence-corrected chi connectivity index (χ0v) is 13.2. The van der Waals surface area contributed by atoms with Crippen LogP contribution >= 0.6 is 35.3 Å². The number of nitrogens with one attached hydrogen (secondary N) is 1. The van der Waals surface area contributed by atoms with Crippen LogP contribution in [0, 0.1) is 0 Å². The monoisotopic (exact) mass is 369 g/mol.